The predicted octanol–water partition coefficient (Wildman–Crippen LogP) is 4.04. The van der Waals surface area contributed by atoms with Crippen LogP contribution >= 0.6 is 0 Å². The maximum Gasteiger partial charge on any atom is 0.416 e. The van der Waals surface area contributed by atoms with Crippen molar-refractivity contribution in [3.05, 3.63) is 53.5 Å². The molecule has 1 aromatic heterocycles. The number of carbonyl (C=O) groups excluding carboxylic acids is 2. The lowest BCUT2D eigenvalue weighted by Gasteiger charge is -2.29. The summed E-state index contributed by atoms with van der Waals surface area (Å²) >= 11 is 0. The van der Waals surface area contributed by atoms with Crippen LogP contribution in [0.3, 0.4) is 0 Å². The predicted molar refractivity (Wildman–Crippen MR) is 102 cm³/mol. The average Bonchev–Trinajstić information content (AvgIpc) is 3.34. The van der Waals surface area contributed by atoms with E-state index < -0.39 is 29.6 Å². The summed E-state index contributed by atoms with van der Waals surface area (Å²) in [6.45, 7) is -0.241. The zero-order valence-electron chi connectivity index (χ0n) is 16.2. The molecule has 1 fully saturated rings. The normalized spacial score (nSPS) is 17.8. The Bertz CT molecular complexity index is 943. The monoisotopic (exact) mass is 418 g/mol. The van der Waals surface area contributed by atoms with Gasteiger partial charge < -0.3 is 10.2 Å². The van der Waals surface area contributed by atoms with Crippen LogP contribution in [0.25, 0.3) is 0 Å². The second-order valence-electron chi connectivity index (χ2n) is 7.74. The summed E-state index contributed by atoms with van der Waals surface area (Å²) in [5.74, 6) is -0.522. The van der Waals surface area contributed by atoms with Crippen LogP contribution in [-0.4, -0.2) is 32.7 Å². The van der Waals surface area contributed by atoms with Gasteiger partial charge in [-0.3, -0.25) is 14.6 Å². The van der Waals surface area contributed by atoms with E-state index in [9.17, 15) is 22.8 Å². The highest BCUT2D eigenvalue weighted by Gasteiger charge is 2.43. The minimum atomic E-state index is -4.57. The summed E-state index contributed by atoms with van der Waals surface area (Å²) in [4.78, 5) is 35.3. The minimum absolute atomic E-state index is 0.00792. The molecule has 1 aromatic carbocycles. The highest BCUT2D eigenvalue weighted by atomic mass is 19.4. The lowest BCUT2D eigenvalue weighted by atomic mass is 9.96. The molecule has 9 heteroatoms. The number of amides is 2. The maximum absolute atomic E-state index is 13.4. The first-order chi connectivity index (χ1) is 14.3. The molecule has 2 amide bonds. The molecule has 0 radical (unpaired) electrons. The second-order valence-corrected chi connectivity index (χ2v) is 7.74. The molecule has 2 heterocycles. The Morgan fingerprint density at radius 2 is 2.00 bits per heavy atom. The first kappa shape index (κ1) is 20.3. The van der Waals surface area contributed by atoms with E-state index in [4.69, 9.17) is 0 Å². The number of carbonyl (C=O) groups is 2. The molecule has 0 spiro atoms. The van der Waals surface area contributed by atoms with Crippen LogP contribution in [0.1, 0.15) is 53.6 Å². The number of anilines is 1. The van der Waals surface area contributed by atoms with Crippen LogP contribution in [-0.2, 0) is 17.5 Å². The fourth-order valence-electron chi connectivity index (χ4n) is 4.38. The van der Waals surface area contributed by atoms with Gasteiger partial charge in [0.25, 0.3) is 5.91 Å². The van der Waals surface area contributed by atoms with Crippen LogP contribution in [0.2, 0.25) is 0 Å². The van der Waals surface area contributed by atoms with E-state index in [1.807, 2.05) is 0 Å². The van der Waals surface area contributed by atoms with Crippen LogP contribution in [0.15, 0.2) is 36.8 Å². The molecule has 1 aliphatic heterocycles. The summed E-state index contributed by atoms with van der Waals surface area (Å²) in [5, 5.41) is 2.66. The number of aromatic nitrogens is 2. The van der Waals surface area contributed by atoms with Gasteiger partial charge in [-0.25, -0.2) is 4.98 Å². The third kappa shape index (κ3) is 4.01. The second kappa shape index (κ2) is 8.04. The summed E-state index contributed by atoms with van der Waals surface area (Å²) in [5.41, 5.74) is -0.892. The smallest absolute Gasteiger partial charge is 0.322 e. The van der Waals surface area contributed by atoms with Crippen molar-refractivity contribution >= 4 is 17.6 Å². The summed E-state index contributed by atoms with van der Waals surface area (Å²) in [6, 6.07) is 2.71. The Labute approximate surface area is 171 Å². The zero-order valence-corrected chi connectivity index (χ0v) is 16.2. The SMILES string of the molecule is O=C(Nc1cnccn1)[C@H](CC1CCCC1)N1Cc2c(cccc2C(F)(F)F)C1=O. The van der Waals surface area contributed by atoms with Crippen molar-refractivity contribution in [2.75, 3.05) is 5.32 Å². The van der Waals surface area contributed by atoms with E-state index in [0.29, 0.717) is 6.42 Å². The Hall–Kier alpha value is -2.97. The van der Waals surface area contributed by atoms with Crippen molar-refractivity contribution in [1.29, 1.82) is 0 Å². The number of nitrogens with one attached hydrogen (secondary N) is 1. The third-order valence-electron chi connectivity index (χ3n) is 5.83. The lowest BCUT2D eigenvalue weighted by Crippen LogP contribution is -2.45. The Morgan fingerprint density at radius 1 is 1.23 bits per heavy atom. The number of rotatable bonds is 5. The molecule has 1 saturated carbocycles. The van der Waals surface area contributed by atoms with Crippen molar-refractivity contribution in [2.45, 2.75) is 50.9 Å². The van der Waals surface area contributed by atoms with Gasteiger partial charge in [0.05, 0.1) is 11.8 Å². The summed E-state index contributed by atoms with van der Waals surface area (Å²) in [7, 11) is 0. The van der Waals surface area contributed by atoms with E-state index in [2.05, 4.69) is 15.3 Å². The Kier molecular flexibility index (Phi) is 5.44. The first-order valence-corrected chi connectivity index (χ1v) is 9.91. The fraction of sp³-hybridized carbons (Fsp3) is 0.429. The average molecular weight is 418 g/mol. The molecule has 30 heavy (non-hydrogen) atoms. The van der Waals surface area contributed by atoms with Gasteiger partial charge in [0.1, 0.15) is 6.04 Å². The third-order valence-corrected chi connectivity index (χ3v) is 5.83. The molecule has 158 valence electrons. The molecule has 6 nitrogen and oxygen atoms in total. The molecular formula is C21H21F3N4O2. The van der Waals surface area contributed by atoms with Crippen molar-refractivity contribution in [1.82, 2.24) is 14.9 Å². The van der Waals surface area contributed by atoms with Gasteiger partial charge in [0.15, 0.2) is 5.82 Å². The molecule has 1 aliphatic carbocycles. The van der Waals surface area contributed by atoms with E-state index in [1.165, 1.54) is 35.6 Å². The van der Waals surface area contributed by atoms with Gasteiger partial charge >= 0.3 is 6.18 Å². The molecule has 1 atom stereocenters. The molecule has 0 unspecified atom stereocenters. The van der Waals surface area contributed by atoms with Crippen LogP contribution in [0.5, 0.6) is 0 Å². The van der Waals surface area contributed by atoms with Crippen LogP contribution in [0.4, 0.5) is 19.0 Å². The Morgan fingerprint density at radius 3 is 2.67 bits per heavy atom. The molecule has 2 aromatic rings. The zero-order chi connectivity index (χ0) is 21.3. The van der Waals surface area contributed by atoms with Crippen LogP contribution < -0.4 is 5.32 Å². The van der Waals surface area contributed by atoms with Gasteiger partial charge in [-0.1, -0.05) is 31.7 Å². The number of hydrogen-bond donors (Lipinski definition) is 1. The highest BCUT2D eigenvalue weighted by Crippen LogP contribution is 2.39. The molecule has 2 aliphatic rings. The van der Waals surface area contributed by atoms with Crippen molar-refractivity contribution in [3.8, 4) is 0 Å². The van der Waals surface area contributed by atoms with E-state index in [-0.39, 0.29) is 29.4 Å². The summed E-state index contributed by atoms with van der Waals surface area (Å²) in [6.07, 6.45) is 4.10. The van der Waals surface area contributed by atoms with E-state index in [0.717, 1.165) is 31.7 Å². The quantitative estimate of drug-likeness (QED) is 0.795. The number of nitrogens with zero attached hydrogens (tertiary/aromatic N) is 3. The van der Waals surface area contributed by atoms with Gasteiger partial charge in [-0.15, -0.1) is 0 Å². The largest absolute Gasteiger partial charge is 0.416 e. The first-order valence-electron chi connectivity index (χ1n) is 9.91. The lowest BCUT2D eigenvalue weighted by molar-refractivity contribution is -0.138. The van der Waals surface area contributed by atoms with Gasteiger partial charge in [-0.05, 0) is 30.0 Å². The van der Waals surface area contributed by atoms with Crippen molar-refractivity contribution < 1.29 is 22.8 Å². The number of alkyl halides is 3. The van der Waals surface area contributed by atoms with Crippen molar-refractivity contribution in [2.24, 2.45) is 5.92 Å². The van der Waals surface area contributed by atoms with Gasteiger partial charge in [0.2, 0.25) is 5.91 Å². The summed E-state index contributed by atoms with van der Waals surface area (Å²) < 4.78 is 40.3. The fourth-order valence-corrected chi connectivity index (χ4v) is 4.38. The molecular weight excluding hydrogens is 397 g/mol. The molecule has 4 rings (SSSR count). The highest BCUT2D eigenvalue weighted by molar-refractivity contribution is 6.03. The Balaban J connectivity index is 1.63. The van der Waals surface area contributed by atoms with E-state index in [1.54, 1.807) is 0 Å². The maximum atomic E-state index is 13.4. The number of hydrogen-bond acceptors (Lipinski definition) is 4. The topological polar surface area (TPSA) is 75.2 Å². The number of halogens is 3. The minimum Gasteiger partial charge on any atom is -0.322 e. The van der Waals surface area contributed by atoms with Gasteiger partial charge in [0, 0.05) is 24.5 Å². The molecule has 0 saturated heterocycles. The van der Waals surface area contributed by atoms with E-state index >= 15 is 0 Å². The standard InChI is InChI=1S/C21H21F3N4O2/c22-21(23,24)16-7-3-6-14-15(16)12-28(20(14)30)17(10-13-4-1-2-5-13)19(29)27-18-11-25-8-9-26-18/h3,6-9,11,13,17H,1-2,4-5,10,12H2,(H,26,27,29)/t17-/m0/s1. The molecule has 0 bridgehead atoms. The van der Waals surface area contributed by atoms with Crippen molar-refractivity contribution in [3.63, 3.8) is 0 Å². The number of fused-ring (bicyclic) bond motifs is 1. The van der Waals surface area contributed by atoms with Crippen LogP contribution in [0, 0.1) is 5.92 Å². The molecule has 1 N–H and O–H groups in total. The number of benzene rings is 1. The van der Waals surface area contributed by atoms with Gasteiger partial charge in [-0.2, -0.15) is 13.2 Å².